The first kappa shape index (κ1) is 9.74. The molecule has 3 heteroatoms. The van der Waals surface area contributed by atoms with E-state index in [2.05, 4.69) is 11.4 Å². The molecule has 58 valence electrons. The van der Waals surface area contributed by atoms with Gasteiger partial charge in [-0.1, -0.05) is 0 Å². The minimum atomic E-state index is -0.120. The van der Waals surface area contributed by atoms with Gasteiger partial charge in [0.2, 0.25) is 0 Å². The number of rotatable bonds is 1. The Morgan fingerprint density at radius 3 is 2.10 bits per heavy atom. The summed E-state index contributed by atoms with van der Waals surface area (Å²) in [5.74, 6) is 0.572. The lowest BCUT2D eigenvalue weighted by atomic mass is 9.77. The molecule has 0 bridgehead atoms. The zero-order chi connectivity index (χ0) is 6.91. The minimum absolute atomic E-state index is 0. The number of nitriles is 1. The van der Waals surface area contributed by atoms with Crippen molar-refractivity contribution in [1.82, 2.24) is 5.32 Å². The van der Waals surface area contributed by atoms with Gasteiger partial charge in [0.1, 0.15) is 0 Å². The van der Waals surface area contributed by atoms with E-state index in [1.54, 1.807) is 0 Å². The molecule has 0 aromatic heterocycles. The van der Waals surface area contributed by atoms with Gasteiger partial charge < -0.3 is 5.32 Å². The molecule has 1 heterocycles. The van der Waals surface area contributed by atoms with Gasteiger partial charge in [0, 0.05) is 19.0 Å². The SMILES string of the molecule is CC(C)(C#N)C1CNC1.Cl. The van der Waals surface area contributed by atoms with Gasteiger partial charge in [0.05, 0.1) is 11.5 Å². The van der Waals surface area contributed by atoms with Crippen LogP contribution in [0.1, 0.15) is 13.8 Å². The summed E-state index contributed by atoms with van der Waals surface area (Å²) in [5, 5.41) is 11.8. The Kier molecular flexibility index (Phi) is 3.14. The van der Waals surface area contributed by atoms with E-state index in [1.165, 1.54) is 0 Å². The molecule has 2 nitrogen and oxygen atoms in total. The first-order valence-electron chi connectivity index (χ1n) is 3.29. The van der Waals surface area contributed by atoms with E-state index in [-0.39, 0.29) is 17.8 Å². The van der Waals surface area contributed by atoms with E-state index in [0.717, 1.165) is 13.1 Å². The Morgan fingerprint density at radius 2 is 2.00 bits per heavy atom. The van der Waals surface area contributed by atoms with Gasteiger partial charge in [0.15, 0.2) is 0 Å². The Labute approximate surface area is 68.0 Å². The van der Waals surface area contributed by atoms with Gasteiger partial charge in [-0.25, -0.2) is 0 Å². The van der Waals surface area contributed by atoms with Gasteiger partial charge in [-0.05, 0) is 13.8 Å². The second kappa shape index (κ2) is 3.23. The molecule has 1 saturated heterocycles. The van der Waals surface area contributed by atoms with E-state index in [0.29, 0.717) is 5.92 Å². The van der Waals surface area contributed by atoms with E-state index in [4.69, 9.17) is 5.26 Å². The largest absolute Gasteiger partial charge is 0.316 e. The second-order valence-corrected chi connectivity index (χ2v) is 3.19. The summed E-state index contributed by atoms with van der Waals surface area (Å²) in [5.41, 5.74) is -0.120. The predicted octanol–water partition coefficient (Wildman–Crippen LogP) is 1.18. The van der Waals surface area contributed by atoms with Crippen molar-refractivity contribution in [3.8, 4) is 6.07 Å². The molecule has 0 spiro atoms. The van der Waals surface area contributed by atoms with Crippen molar-refractivity contribution in [3.63, 3.8) is 0 Å². The zero-order valence-electron chi connectivity index (χ0n) is 6.35. The molecule has 0 aromatic carbocycles. The Morgan fingerprint density at radius 1 is 1.50 bits per heavy atom. The molecule has 0 saturated carbocycles. The molecular weight excluding hydrogens is 148 g/mol. The fourth-order valence-corrected chi connectivity index (χ4v) is 0.890. The van der Waals surface area contributed by atoms with Gasteiger partial charge in [0.25, 0.3) is 0 Å². The van der Waals surface area contributed by atoms with Crippen molar-refractivity contribution in [3.05, 3.63) is 0 Å². The predicted molar refractivity (Wildman–Crippen MR) is 43.0 cm³/mol. The summed E-state index contributed by atoms with van der Waals surface area (Å²) in [7, 11) is 0. The summed E-state index contributed by atoms with van der Waals surface area (Å²) < 4.78 is 0. The third kappa shape index (κ3) is 1.62. The third-order valence-corrected chi connectivity index (χ3v) is 2.09. The Bertz CT molecular complexity index is 144. The van der Waals surface area contributed by atoms with Crippen LogP contribution in [0.25, 0.3) is 0 Å². The van der Waals surface area contributed by atoms with E-state index < -0.39 is 0 Å². The third-order valence-electron chi connectivity index (χ3n) is 2.09. The summed E-state index contributed by atoms with van der Waals surface area (Å²) in [6.07, 6.45) is 0. The zero-order valence-corrected chi connectivity index (χ0v) is 7.16. The van der Waals surface area contributed by atoms with Crippen LogP contribution in [-0.4, -0.2) is 13.1 Å². The summed E-state index contributed by atoms with van der Waals surface area (Å²) in [6.45, 7) is 6.03. The van der Waals surface area contributed by atoms with Crippen molar-refractivity contribution in [1.29, 1.82) is 5.26 Å². The van der Waals surface area contributed by atoms with Crippen LogP contribution in [0.4, 0.5) is 0 Å². The number of hydrogen-bond donors (Lipinski definition) is 1. The normalized spacial score (nSPS) is 18.5. The van der Waals surface area contributed by atoms with Crippen LogP contribution in [0.2, 0.25) is 0 Å². The fraction of sp³-hybridized carbons (Fsp3) is 0.857. The standard InChI is InChI=1S/C7H12N2.ClH/c1-7(2,5-8)6-3-9-4-6;/h6,9H,3-4H2,1-2H3;1H. The van der Waals surface area contributed by atoms with Crippen LogP contribution in [0.3, 0.4) is 0 Å². The van der Waals surface area contributed by atoms with E-state index in [1.807, 2.05) is 13.8 Å². The summed E-state index contributed by atoms with van der Waals surface area (Å²) in [6, 6.07) is 2.30. The van der Waals surface area contributed by atoms with Crippen LogP contribution < -0.4 is 5.32 Å². The highest BCUT2D eigenvalue weighted by atomic mass is 35.5. The molecule has 1 N–H and O–H groups in total. The molecule has 0 aliphatic carbocycles. The van der Waals surface area contributed by atoms with Crippen LogP contribution in [0.15, 0.2) is 0 Å². The highest BCUT2D eigenvalue weighted by Crippen LogP contribution is 2.28. The molecular formula is C7H13ClN2. The number of nitrogens with zero attached hydrogens (tertiary/aromatic N) is 1. The molecule has 1 aliphatic rings. The van der Waals surface area contributed by atoms with Crippen molar-refractivity contribution in [2.45, 2.75) is 13.8 Å². The summed E-state index contributed by atoms with van der Waals surface area (Å²) in [4.78, 5) is 0. The smallest absolute Gasteiger partial charge is 0.0687 e. The van der Waals surface area contributed by atoms with Gasteiger partial charge in [-0.3, -0.25) is 0 Å². The van der Waals surface area contributed by atoms with Crippen molar-refractivity contribution in [2.75, 3.05) is 13.1 Å². The highest BCUT2D eigenvalue weighted by Gasteiger charge is 2.33. The maximum absolute atomic E-state index is 8.65. The summed E-state index contributed by atoms with van der Waals surface area (Å²) >= 11 is 0. The molecule has 0 unspecified atom stereocenters. The van der Waals surface area contributed by atoms with Crippen LogP contribution >= 0.6 is 12.4 Å². The van der Waals surface area contributed by atoms with E-state index >= 15 is 0 Å². The van der Waals surface area contributed by atoms with Gasteiger partial charge >= 0.3 is 0 Å². The Hall–Kier alpha value is -0.260. The maximum atomic E-state index is 8.65. The van der Waals surface area contributed by atoms with Crippen LogP contribution in [0, 0.1) is 22.7 Å². The van der Waals surface area contributed by atoms with Crippen molar-refractivity contribution >= 4 is 12.4 Å². The highest BCUT2D eigenvalue weighted by molar-refractivity contribution is 5.85. The number of hydrogen-bond acceptors (Lipinski definition) is 2. The molecule has 0 atom stereocenters. The van der Waals surface area contributed by atoms with Crippen LogP contribution in [-0.2, 0) is 0 Å². The van der Waals surface area contributed by atoms with E-state index in [9.17, 15) is 0 Å². The molecule has 1 fully saturated rings. The number of halogens is 1. The maximum Gasteiger partial charge on any atom is 0.0687 e. The Balaban J connectivity index is 0.000000810. The van der Waals surface area contributed by atoms with Crippen LogP contribution in [0.5, 0.6) is 0 Å². The lowest BCUT2D eigenvalue weighted by Gasteiger charge is -2.35. The molecule has 0 aromatic rings. The minimum Gasteiger partial charge on any atom is -0.316 e. The second-order valence-electron chi connectivity index (χ2n) is 3.19. The lowest BCUT2D eigenvalue weighted by molar-refractivity contribution is 0.203. The quantitative estimate of drug-likeness (QED) is 0.626. The first-order chi connectivity index (χ1) is 4.17. The molecule has 10 heavy (non-hydrogen) atoms. The lowest BCUT2D eigenvalue weighted by Crippen LogP contribution is -2.49. The average molecular weight is 161 g/mol. The molecule has 1 rings (SSSR count). The first-order valence-corrected chi connectivity index (χ1v) is 3.29. The van der Waals surface area contributed by atoms with Crippen molar-refractivity contribution in [2.24, 2.45) is 11.3 Å². The monoisotopic (exact) mass is 160 g/mol. The molecule has 1 aliphatic heterocycles. The molecule has 0 radical (unpaired) electrons. The van der Waals surface area contributed by atoms with Crippen molar-refractivity contribution < 1.29 is 0 Å². The van der Waals surface area contributed by atoms with Gasteiger partial charge in [-0.15, -0.1) is 12.4 Å². The average Bonchev–Trinajstić information content (AvgIpc) is 1.60. The topological polar surface area (TPSA) is 35.8 Å². The number of nitrogens with one attached hydrogen (secondary N) is 1. The van der Waals surface area contributed by atoms with Gasteiger partial charge in [-0.2, -0.15) is 5.26 Å². The fourth-order valence-electron chi connectivity index (χ4n) is 0.890. The molecule has 0 amide bonds.